The van der Waals surface area contributed by atoms with Crippen molar-refractivity contribution >= 4 is 11.3 Å². The highest BCUT2D eigenvalue weighted by molar-refractivity contribution is 7.12. The van der Waals surface area contributed by atoms with E-state index in [1.807, 2.05) is 11.3 Å². The Morgan fingerprint density at radius 1 is 1.32 bits per heavy atom. The quantitative estimate of drug-likeness (QED) is 0.925. The highest BCUT2D eigenvalue weighted by atomic mass is 32.1. The predicted octanol–water partition coefficient (Wildman–Crippen LogP) is 3.68. The Morgan fingerprint density at radius 2 is 2.21 bits per heavy atom. The van der Waals surface area contributed by atoms with Gasteiger partial charge in [0.1, 0.15) is 5.75 Å². The number of rotatable bonds is 3. The molecule has 0 aliphatic carbocycles. The van der Waals surface area contributed by atoms with Gasteiger partial charge in [-0.2, -0.15) is 0 Å². The van der Waals surface area contributed by atoms with Crippen LogP contribution in [0.2, 0.25) is 0 Å². The van der Waals surface area contributed by atoms with Gasteiger partial charge in [-0.15, -0.1) is 11.3 Å². The van der Waals surface area contributed by atoms with Crippen LogP contribution in [0, 0.1) is 0 Å². The molecule has 2 nitrogen and oxygen atoms in total. The van der Waals surface area contributed by atoms with Crippen LogP contribution in [0.3, 0.4) is 0 Å². The lowest BCUT2D eigenvalue weighted by molar-refractivity contribution is 0.288. The first-order chi connectivity index (χ1) is 9.28. The van der Waals surface area contributed by atoms with E-state index >= 15 is 0 Å². The van der Waals surface area contributed by atoms with E-state index in [0.717, 1.165) is 31.6 Å². The maximum Gasteiger partial charge on any atom is 0.122 e. The van der Waals surface area contributed by atoms with Gasteiger partial charge >= 0.3 is 0 Å². The molecule has 1 aromatic carbocycles. The topological polar surface area (TPSA) is 35.2 Å². The predicted molar refractivity (Wildman–Crippen MR) is 80.0 cm³/mol. The molecule has 3 heteroatoms. The van der Waals surface area contributed by atoms with Crippen molar-refractivity contribution in [3.8, 4) is 5.75 Å². The zero-order valence-corrected chi connectivity index (χ0v) is 12.0. The summed E-state index contributed by atoms with van der Waals surface area (Å²) in [4.78, 5) is 2.64. The molecular formula is C16H19NOS. The molecule has 0 amide bonds. The molecule has 1 atom stereocenters. The second-order valence-corrected chi connectivity index (χ2v) is 6.15. The minimum absolute atomic E-state index is 0.0162. The van der Waals surface area contributed by atoms with Gasteiger partial charge < -0.3 is 10.5 Å². The van der Waals surface area contributed by atoms with Crippen LogP contribution in [0.1, 0.15) is 40.3 Å². The SMILES string of the molecule is CCc1ccc(C(N)c2ccc3c(c2)CCCO3)s1. The minimum atomic E-state index is -0.0162. The third-order valence-electron chi connectivity index (χ3n) is 3.63. The van der Waals surface area contributed by atoms with Crippen molar-refractivity contribution < 1.29 is 4.74 Å². The van der Waals surface area contributed by atoms with Crippen molar-refractivity contribution in [2.75, 3.05) is 6.61 Å². The van der Waals surface area contributed by atoms with Crippen LogP contribution < -0.4 is 10.5 Å². The highest BCUT2D eigenvalue weighted by Gasteiger charge is 2.15. The second kappa shape index (κ2) is 5.35. The van der Waals surface area contributed by atoms with Crippen LogP contribution >= 0.6 is 11.3 Å². The van der Waals surface area contributed by atoms with Gasteiger partial charge in [0.15, 0.2) is 0 Å². The third kappa shape index (κ3) is 2.53. The van der Waals surface area contributed by atoms with Gasteiger partial charge in [-0.3, -0.25) is 0 Å². The Kier molecular flexibility index (Phi) is 3.58. The molecule has 1 aliphatic heterocycles. The van der Waals surface area contributed by atoms with E-state index < -0.39 is 0 Å². The zero-order chi connectivity index (χ0) is 13.2. The summed E-state index contributed by atoms with van der Waals surface area (Å²) < 4.78 is 5.65. The zero-order valence-electron chi connectivity index (χ0n) is 11.2. The van der Waals surface area contributed by atoms with Crippen molar-refractivity contribution in [3.63, 3.8) is 0 Å². The van der Waals surface area contributed by atoms with E-state index in [1.54, 1.807) is 0 Å². The summed E-state index contributed by atoms with van der Waals surface area (Å²) >= 11 is 1.82. The van der Waals surface area contributed by atoms with Crippen molar-refractivity contribution in [1.82, 2.24) is 0 Å². The number of benzene rings is 1. The van der Waals surface area contributed by atoms with Crippen LogP contribution in [0.4, 0.5) is 0 Å². The molecule has 0 fully saturated rings. The van der Waals surface area contributed by atoms with Crippen molar-refractivity contribution in [2.24, 2.45) is 5.73 Å². The lowest BCUT2D eigenvalue weighted by atomic mass is 9.99. The molecule has 2 heterocycles. The average molecular weight is 273 g/mol. The lowest BCUT2D eigenvalue weighted by Crippen LogP contribution is -2.13. The average Bonchev–Trinajstić information content (AvgIpc) is 2.95. The van der Waals surface area contributed by atoms with E-state index in [2.05, 4.69) is 37.3 Å². The normalized spacial score (nSPS) is 15.7. The number of thiophene rings is 1. The monoisotopic (exact) mass is 273 g/mol. The maximum atomic E-state index is 6.39. The first-order valence-corrected chi connectivity index (χ1v) is 7.69. The molecule has 3 rings (SSSR count). The smallest absolute Gasteiger partial charge is 0.122 e. The van der Waals surface area contributed by atoms with Gasteiger partial charge in [-0.05, 0) is 48.6 Å². The van der Waals surface area contributed by atoms with Gasteiger partial charge in [0, 0.05) is 9.75 Å². The molecule has 1 unspecified atom stereocenters. The molecule has 0 spiro atoms. The first kappa shape index (κ1) is 12.7. The van der Waals surface area contributed by atoms with E-state index in [1.165, 1.54) is 20.9 Å². The Hall–Kier alpha value is -1.32. The fourth-order valence-electron chi connectivity index (χ4n) is 2.49. The van der Waals surface area contributed by atoms with Crippen LogP contribution in [-0.2, 0) is 12.8 Å². The van der Waals surface area contributed by atoms with Crippen LogP contribution in [0.5, 0.6) is 5.75 Å². The Morgan fingerprint density at radius 3 is 3.00 bits per heavy atom. The largest absolute Gasteiger partial charge is 0.493 e. The van der Waals surface area contributed by atoms with Gasteiger partial charge in [-0.25, -0.2) is 0 Å². The first-order valence-electron chi connectivity index (χ1n) is 6.87. The van der Waals surface area contributed by atoms with Gasteiger partial charge in [-0.1, -0.05) is 19.1 Å². The standard InChI is InChI=1S/C16H19NOS/c1-2-13-6-8-15(19-13)16(17)12-5-7-14-11(10-12)4-3-9-18-14/h5-8,10,16H,2-4,9,17H2,1H3. The number of fused-ring (bicyclic) bond motifs is 1. The van der Waals surface area contributed by atoms with Crippen molar-refractivity contribution in [2.45, 2.75) is 32.2 Å². The summed E-state index contributed by atoms with van der Waals surface area (Å²) in [6.45, 7) is 3.01. The Balaban J connectivity index is 1.88. The molecule has 0 saturated heterocycles. The second-order valence-electron chi connectivity index (χ2n) is 4.95. The molecule has 0 radical (unpaired) electrons. The van der Waals surface area contributed by atoms with E-state index in [-0.39, 0.29) is 6.04 Å². The molecule has 100 valence electrons. The molecule has 1 aliphatic rings. The molecule has 0 saturated carbocycles. The molecule has 2 N–H and O–H groups in total. The summed E-state index contributed by atoms with van der Waals surface area (Å²) in [6.07, 6.45) is 3.28. The van der Waals surface area contributed by atoms with Gasteiger partial charge in [0.2, 0.25) is 0 Å². The number of hydrogen-bond donors (Lipinski definition) is 1. The number of nitrogens with two attached hydrogens (primary N) is 1. The van der Waals surface area contributed by atoms with Crippen LogP contribution in [-0.4, -0.2) is 6.61 Å². The fraction of sp³-hybridized carbons (Fsp3) is 0.375. The van der Waals surface area contributed by atoms with E-state index in [9.17, 15) is 0 Å². The van der Waals surface area contributed by atoms with Crippen LogP contribution in [0.25, 0.3) is 0 Å². The maximum absolute atomic E-state index is 6.39. The number of ether oxygens (including phenoxy) is 1. The van der Waals surface area contributed by atoms with Crippen LogP contribution in [0.15, 0.2) is 30.3 Å². The van der Waals surface area contributed by atoms with Gasteiger partial charge in [0.05, 0.1) is 12.6 Å². The summed E-state index contributed by atoms with van der Waals surface area (Å²) in [6, 6.07) is 10.7. The van der Waals surface area contributed by atoms with Crippen molar-refractivity contribution in [1.29, 1.82) is 0 Å². The highest BCUT2D eigenvalue weighted by Crippen LogP contribution is 2.31. The Bertz CT molecular complexity index is 576. The number of hydrogen-bond acceptors (Lipinski definition) is 3. The summed E-state index contributed by atoms with van der Waals surface area (Å²) in [5.41, 5.74) is 8.87. The lowest BCUT2D eigenvalue weighted by Gasteiger charge is -2.19. The van der Waals surface area contributed by atoms with Crippen molar-refractivity contribution in [3.05, 3.63) is 51.2 Å². The molecule has 2 aromatic rings. The van der Waals surface area contributed by atoms with Gasteiger partial charge in [0.25, 0.3) is 0 Å². The Labute approximate surface area is 118 Å². The minimum Gasteiger partial charge on any atom is -0.493 e. The number of aryl methyl sites for hydroxylation is 2. The summed E-state index contributed by atoms with van der Waals surface area (Å²) in [5.74, 6) is 1.03. The molecule has 19 heavy (non-hydrogen) atoms. The van der Waals surface area contributed by atoms with E-state index in [4.69, 9.17) is 10.5 Å². The molecular weight excluding hydrogens is 254 g/mol. The fourth-order valence-corrected chi connectivity index (χ4v) is 3.47. The third-order valence-corrected chi connectivity index (χ3v) is 4.94. The van der Waals surface area contributed by atoms with E-state index in [0.29, 0.717) is 0 Å². The molecule has 0 bridgehead atoms. The summed E-state index contributed by atoms with van der Waals surface area (Å²) in [5, 5.41) is 0. The summed E-state index contributed by atoms with van der Waals surface area (Å²) in [7, 11) is 0. The molecule has 1 aromatic heterocycles.